The van der Waals surface area contributed by atoms with Gasteiger partial charge in [0.1, 0.15) is 23.0 Å². The summed E-state index contributed by atoms with van der Waals surface area (Å²) in [6, 6.07) is 20.7. The predicted molar refractivity (Wildman–Crippen MR) is 118 cm³/mol. The Morgan fingerprint density at radius 1 is 0.871 bits per heavy atom. The number of halogens is 3. The van der Waals surface area contributed by atoms with Crippen LogP contribution in [0, 0.1) is 11.6 Å². The van der Waals surface area contributed by atoms with Crippen LogP contribution in [0.4, 0.5) is 8.78 Å². The van der Waals surface area contributed by atoms with Crippen LogP contribution in [0.2, 0.25) is 5.02 Å². The predicted octanol–water partition coefficient (Wildman–Crippen LogP) is 5.26. The lowest BCUT2D eigenvalue weighted by atomic mass is 10.1. The molecule has 0 saturated heterocycles. The SMILES string of the molecule is Fc1ccc(CCNCc2nn(Cc3ccc(F)cc3Cl)nc2-c2ccccc2)cc1. The highest BCUT2D eigenvalue weighted by Crippen LogP contribution is 2.22. The average Bonchev–Trinajstić information content (AvgIpc) is 3.18. The first-order valence-electron chi connectivity index (χ1n) is 9.97. The van der Waals surface area contributed by atoms with E-state index in [-0.39, 0.29) is 11.6 Å². The monoisotopic (exact) mass is 438 g/mol. The number of hydrogen-bond donors (Lipinski definition) is 1. The van der Waals surface area contributed by atoms with Gasteiger partial charge < -0.3 is 5.32 Å². The van der Waals surface area contributed by atoms with Crippen LogP contribution in [0.25, 0.3) is 11.3 Å². The number of nitrogens with one attached hydrogen (secondary N) is 1. The van der Waals surface area contributed by atoms with Gasteiger partial charge in [0.15, 0.2) is 0 Å². The fraction of sp³-hybridized carbons (Fsp3) is 0.167. The molecule has 0 amide bonds. The van der Waals surface area contributed by atoms with E-state index in [1.807, 2.05) is 30.3 Å². The molecule has 1 aromatic heterocycles. The van der Waals surface area contributed by atoms with Crippen molar-refractivity contribution in [1.29, 1.82) is 0 Å². The van der Waals surface area contributed by atoms with Gasteiger partial charge in [0, 0.05) is 17.1 Å². The zero-order valence-electron chi connectivity index (χ0n) is 16.7. The number of rotatable bonds is 8. The Kier molecular flexibility index (Phi) is 6.70. The molecule has 1 heterocycles. The van der Waals surface area contributed by atoms with Gasteiger partial charge in [-0.15, -0.1) is 0 Å². The summed E-state index contributed by atoms with van der Waals surface area (Å²) in [6.45, 7) is 1.59. The molecule has 158 valence electrons. The van der Waals surface area contributed by atoms with Crippen molar-refractivity contribution in [3.8, 4) is 11.3 Å². The maximum atomic E-state index is 13.3. The highest BCUT2D eigenvalue weighted by atomic mass is 35.5. The Labute approximate surface area is 184 Å². The molecule has 3 aromatic carbocycles. The van der Waals surface area contributed by atoms with Crippen LogP contribution in [0.15, 0.2) is 72.8 Å². The Hall–Kier alpha value is -3.09. The molecular formula is C24H21ClF2N4. The molecule has 0 unspecified atom stereocenters. The maximum Gasteiger partial charge on any atom is 0.124 e. The van der Waals surface area contributed by atoms with Gasteiger partial charge in [-0.2, -0.15) is 15.0 Å². The molecule has 4 nitrogen and oxygen atoms in total. The van der Waals surface area contributed by atoms with Crippen LogP contribution in [0.5, 0.6) is 0 Å². The van der Waals surface area contributed by atoms with Crippen molar-refractivity contribution in [2.24, 2.45) is 0 Å². The highest BCUT2D eigenvalue weighted by molar-refractivity contribution is 6.31. The largest absolute Gasteiger partial charge is 0.311 e. The molecular weight excluding hydrogens is 418 g/mol. The van der Waals surface area contributed by atoms with Crippen LogP contribution in [-0.2, 0) is 19.5 Å². The molecule has 0 saturated carbocycles. The molecule has 31 heavy (non-hydrogen) atoms. The Balaban J connectivity index is 1.49. The first-order valence-corrected chi connectivity index (χ1v) is 10.3. The Morgan fingerprint density at radius 2 is 1.61 bits per heavy atom. The lowest BCUT2D eigenvalue weighted by molar-refractivity contribution is 0.574. The van der Waals surface area contributed by atoms with Gasteiger partial charge in [0.25, 0.3) is 0 Å². The molecule has 0 aliphatic carbocycles. The second kappa shape index (κ2) is 9.81. The van der Waals surface area contributed by atoms with Crippen molar-refractivity contribution < 1.29 is 8.78 Å². The molecule has 7 heteroatoms. The molecule has 0 bridgehead atoms. The van der Waals surface area contributed by atoms with E-state index in [1.54, 1.807) is 23.0 Å². The van der Waals surface area contributed by atoms with E-state index in [1.165, 1.54) is 24.3 Å². The summed E-state index contributed by atoms with van der Waals surface area (Å²) in [7, 11) is 0. The zero-order chi connectivity index (χ0) is 21.6. The molecule has 4 rings (SSSR count). The summed E-state index contributed by atoms with van der Waals surface area (Å²) in [6.07, 6.45) is 0.778. The molecule has 0 atom stereocenters. The second-order valence-corrected chi connectivity index (χ2v) is 7.59. The van der Waals surface area contributed by atoms with Crippen LogP contribution in [-0.4, -0.2) is 21.5 Å². The minimum Gasteiger partial charge on any atom is -0.311 e. The van der Waals surface area contributed by atoms with Crippen LogP contribution in [0.1, 0.15) is 16.8 Å². The minimum atomic E-state index is -0.377. The summed E-state index contributed by atoms with van der Waals surface area (Å²) in [5.74, 6) is -0.611. The van der Waals surface area contributed by atoms with E-state index in [4.69, 9.17) is 11.6 Å². The minimum absolute atomic E-state index is 0.234. The van der Waals surface area contributed by atoms with Gasteiger partial charge in [0.2, 0.25) is 0 Å². The van der Waals surface area contributed by atoms with E-state index in [9.17, 15) is 8.78 Å². The van der Waals surface area contributed by atoms with E-state index >= 15 is 0 Å². The van der Waals surface area contributed by atoms with Crippen molar-refractivity contribution in [2.45, 2.75) is 19.5 Å². The molecule has 0 fully saturated rings. The number of nitrogens with zero attached hydrogens (tertiary/aromatic N) is 3. The van der Waals surface area contributed by atoms with Crippen LogP contribution in [0.3, 0.4) is 0 Å². The molecule has 0 spiro atoms. The quantitative estimate of drug-likeness (QED) is 0.382. The van der Waals surface area contributed by atoms with E-state index < -0.39 is 0 Å². The van der Waals surface area contributed by atoms with Crippen molar-refractivity contribution in [2.75, 3.05) is 6.54 Å². The third-order valence-electron chi connectivity index (χ3n) is 4.90. The van der Waals surface area contributed by atoms with E-state index in [0.29, 0.717) is 18.1 Å². The lowest BCUT2D eigenvalue weighted by Crippen LogP contribution is -2.17. The molecule has 0 aliphatic heterocycles. The maximum absolute atomic E-state index is 13.3. The second-order valence-electron chi connectivity index (χ2n) is 7.18. The van der Waals surface area contributed by atoms with E-state index in [2.05, 4.69) is 15.5 Å². The summed E-state index contributed by atoms with van der Waals surface area (Å²) in [4.78, 5) is 1.58. The number of hydrogen-bond acceptors (Lipinski definition) is 3. The molecule has 4 aromatic rings. The first kappa shape index (κ1) is 21.2. The Morgan fingerprint density at radius 3 is 2.35 bits per heavy atom. The smallest absolute Gasteiger partial charge is 0.124 e. The first-order chi connectivity index (χ1) is 15.1. The molecule has 0 aliphatic rings. The van der Waals surface area contributed by atoms with Gasteiger partial charge in [0.05, 0.1) is 6.54 Å². The summed E-state index contributed by atoms with van der Waals surface area (Å²) < 4.78 is 26.4. The van der Waals surface area contributed by atoms with Crippen molar-refractivity contribution in [1.82, 2.24) is 20.3 Å². The van der Waals surface area contributed by atoms with E-state index in [0.717, 1.165) is 41.0 Å². The topological polar surface area (TPSA) is 42.7 Å². The lowest BCUT2D eigenvalue weighted by Gasteiger charge is -2.05. The number of benzene rings is 3. The van der Waals surface area contributed by atoms with Crippen molar-refractivity contribution >= 4 is 11.6 Å². The fourth-order valence-electron chi connectivity index (χ4n) is 3.29. The molecule has 0 radical (unpaired) electrons. The number of aromatic nitrogens is 3. The van der Waals surface area contributed by atoms with Gasteiger partial charge in [-0.3, -0.25) is 0 Å². The fourth-order valence-corrected chi connectivity index (χ4v) is 3.51. The van der Waals surface area contributed by atoms with Crippen molar-refractivity contribution in [3.05, 3.63) is 106 Å². The standard InChI is InChI=1S/C24H21ClF2N4/c25-22-14-21(27)11-8-19(22)16-31-29-23(24(30-31)18-4-2-1-3-5-18)15-28-13-12-17-6-9-20(26)10-7-17/h1-11,14,28H,12-13,15-16H2. The Bertz CT molecular complexity index is 1140. The summed E-state index contributed by atoms with van der Waals surface area (Å²) in [5, 5.41) is 13.0. The third-order valence-corrected chi connectivity index (χ3v) is 5.25. The van der Waals surface area contributed by atoms with Gasteiger partial charge in [-0.05, 0) is 48.4 Å². The van der Waals surface area contributed by atoms with Crippen LogP contribution < -0.4 is 5.32 Å². The van der Waals surface area contributed by atoms with Gasteiger partial charge in [-0.1, -0.05) is 60.1 Å². The normalized spacial score (nSPS) is 11.1. The average molecular weight is 439 g/mol. The zero-order valence-corrected chi connectivity index (χ0v) is 17.5. The molecule has 1 N–H and O–H groups in total. The summed E-state index contributed by atoms with van der Waals surface area (Å²) >= 11 is 6.17. The van der Waals surface area contributed by atoms with Gasteiger partial charge >= 0.3 is 0 Å². The highest BCUT2D eigenvalue weighted by Gasteiger charge is 2.14. The van der Waals surface area contributed by atoms with Crippen molar-refractivity contribution in [3.63, 3.8) is 0 Å². The summed E-state index contributed by atoms with van der Waals surface area (Å²) in [5.41, 5.74) is 4.37. The van der Waals surface area contributed by atoms with Crippen LogP contribution >= 0.6 is 11.6 Å². The third kappa shape index (κ3) is 5.54. The van der Waals surface area contributed by atoms with Gasteiger partial charge in [-0.25, -0.2) is 8.78 Å².